The number of fused-ring (bicyclic) bond motifs is 1. The van der Waals surface area contributed by atoms with Crippen LogP contribution in [-0.4, -0.2) is 64.1 Å². The highest BCUT2D eigenvalue weighted by Crippen LogP contribution is 2.54. The van der Waals surface area contributed by atoms with Crippen LogP contribution in [0.5, 0.6) is 11.5 Å². The third kappa shape index (κ3) is 5.45. The number of benzene rings is 1. The molecule has 0 amide bonds. The van der Waals surface area contributed by atoms with Crippen molar-refractivity contribution in [2.24, 2.45) is 16.7 Å². The van der Waals surface area contributed by atoms with Crippen LogP contribution in [0.25, 0.3) is 0 Å². The van der Waals surface area contributed by atoms with Crippen molar-refractivity contribution in [2.45, 2.75) is 65.7 Å². The number of hydrogen-bond acceptors (Lipinski definition) is 5. The fraction of sp³-hybridized carbons (Fsp3) is 0.786. The molecule has 0 bridgehead atoms. The van der Waals surface area contributed by atoms with Crippen LogP contribution in [0.4, 0.5) is 5.69 Å². The van der Waals surface area contributed by atoms with Crippen molar-refractivity contribution in [1.29, 1.82) is 0 Å². The molecule has 2 saturated heterocycles. The van der Waals surface area contributed by atoms with Gasteiger partial charge in [-0.1, -0.05) is 27.7 Å². The normalized spacial score (nSPS) is 26.4. The summed E-state index contributed by atoms with van der Waals surface area (Å²) < 4.78 is 17.6. The van der Waals surface area contributed by atoms with Gasteiger partial charge in [-0.3, -0.25) is 4.90 Å². The van der Waals surface area contributed by atoms with E-state index in [0.717, 1.165) is 56.8 Å². The van der Waals surface area contributed by atoms with Gasteiger partial charge < -0.3 is 19.1 Å². The molecule has 5 rings (SSSR count). The Labute approximate surface area is 200 Å². The van der Waals surface area contributed by atoms with Crippen LogP contribution in [-0.2, 0) is 4.74 Å². The first-order valence-electron chi connectivity index (χ1n) is 13.3. The first-order chi connectivity index (χ1) is 15.8. The van der Waals surface area contributed by atoms with Crippen molar-refractivity contribution in [1.82, 2.24) is 4.90 Å². The number of hydrogen-bond donors (Lipinski definition) is 0. The second kappa shape index (κ2) is 9.30. The molecule has 3 aliphatic heterocycles. The Bertz CT molecular complexity index is 807. The molecule has 0 atom stereocenters. The molecular weight excluding hydrogens is 412 g/mol. The molecule has 0 N–H and O–H groups in total. The molecule has 3 heterocycles. The monoisotopic (exact) mass is 456 g/mol. The van der Waals surface area contributed by atoms with Gasteiger partial charge in [0.25, 0.3) is 0 Å². The number of anilines is 1. The van der Waals surface area contributed by atoms with Crippen LogP contribution < -0.4 is 14.4 Å². The zero-order valence-corrected chi connectivity index (χ0v) is 21.3. The van der Waals surface area contributed by atoms with E-state index in [1.54, 1.807) is 0 Å². The molecule has 0 spiro atoms. The van der Waals surface area contributed by atoms with Crippen LogP contribution in [0, 0.1) is 16.7 Å². The van der Waals surface area contributed by atoms with Crippen molar-refractivity contribution in [3.8, 4) is 11.5 Å². The molecule has 0 radical (unpaired) electrons. The lowest BCUT2D eigenvalue weighted by atomic mass is 9.60. The molecule has 1 aromatic carbocycles. The lowest BCUT2D eigenvalue weighted by Crippen LogP contribution is -2.48. The second-order valence-electron chi connectivity index (χ2n) is 12.5. The van der Waals surface area contributed by atoms with E-state index in [4.69, 9.17) is 14.2 Å². The molecule has 184 valence electrons. The highest BCUT2D eigenvalue weighted by molar-refractivity contribution is 5.64. The van der Waals surface area contributed by atoms with Crippen molar-refractivity contribution in [3.05, 3.63) is 17.7 Å². The lowest BCUT2D eigenvalue weighted by Gasteiger charge is -2.46. The zero-order chi connectivity index (χ0) is 23.1. The number of rotatable bonds is 4. The summed E-state index contributed by atoms with van der Waals surface area (Å²) >= 11 is 0. The van der Waals surface area contributed by atoms with Gasteiger partial charge in [-0.15, -0.1) is 0 Å². The van der Waals surface area contributed by atoms with Gasteiger partial charge >= 0.3 is 0 Å². The maximum Gasteiger partial charge on any atom is 0.163 e. The van der Waals surface area contributed by atoms with Crippen molar-refractivity contribution in [2.75, 3.05) is 64.1 Å². The highest BCUT2D eigenvalue weighted by Gasteiger charge is 2.40. The summed E-state index contributed by atoms with van der Waals surface area (Å²) in [4.78, 5) is 5.31. The highest BCUT2D eigenvalue weighted by atomic mass is 16.6. The maximum absolute atomic E-state index is 6.04. The second-order valence-corrected chi connectivity index (χ2v) is 12.5. The molecule has 0 aromatic heterocycles. The van der Waals surface area contributed by atoms with Gasteiger partial charge in [-0.2, -0.15) is 0 Å². The predicted molar refractivity (Wildman–Crippen MR) is 134 cm³/mol. The number of nitrogens with zero attached hydrogens (tertiary/aromatic N) is 2. The van der Waals surface area contributed by atoms with Gasteiger partial charge in [-0.05, 0) is 66.4 Å². The molecule has 33 heavy (non-hydrogen) atoms. The Kier molecular flexibility index (Phi) is 6.56. The number of piperazine rings is 1. The minimum atomic E-state index is 0.360. The van der Waals surface area contributed by atoms with Gasteiger partial charge in [0.1, 0.15) is 13.2 Å². The predicted octanol–water partition coefficient (Wildman–Crippen LogP) is 5.33. The topological polar surface area (TPSA) is 34.2 Å². The van der Waals surface area contributed by atoms with Crippen molar-refractivity contribution >= 4 is 5.69 Å². The van der Waals surface area contributed by atoms with Gasteiger partial charge in [0.05, 0.1) is 0 Å². The molecule has 4 aliphatic rings. The Morgan fingerprint density at radius 2 is 1.42 bits per heavy atom. The fourth-order valence-electron chi connectivity index (χ4n) is 7.23. The van der Waals surface area contributed by atoms with Gasteiger partial charge in [-0.25, -0.2) is 0 Å². The molecular formula is C28H44N2O3. The molecule has 1 saturated carbocycles. The van der Waals surface area contributed by atoms with Gasteiger partial charge in [0, 0.05) is 57.7 Å². The summed E-state index contributed by atoms with van der Waals surface area (Å²) in [5, 5.41) is 0. The zero-order valence-electron chi connectivity index (χ0n) is 21.3. The molecule has 1 aliphatic carbocycles. The van der Waals surface area contributed by atoms with E-state index in [-0.39, 0.29) is 0 Å². The minimum absolute atomic E-state index is 0.360. The summed E-state index contributed by atoms with van der Waals surface area (Å²) in [5.41, 5.74) is 3.60. The first-order valence-corrected chi connectivity index (χ1v) is 13.3. The van der Waals surface area contributed by atoms with E-state index in [9.17, 15) is 0 Å². The number of ether oxygens (including phenoxy) is 3. The van der Waals surface area contributed by atoms with Gasteiger partial charge in [0.2, 0.25) is 0 Å². The van der Waals surface area contributed by atoms with Crippen molar-refractivity contribution < 1.29 is 14.2 Å². The van der Waals surface area contributed by atoms with E-state index in [1.807, 2.05) is 0 Å². The Balaban J connectivity index is 1.36. The molecule has 3 fully saturated rings. The summed E-state index contributed by atoms with van der Waals surface area (Å²) in [6.45, 7) is 18.7. The van der Waals surface area contributed by atoms with Crippen molar-refractivity contribution in [3.63, 3.8) is 0 Å². The van der Waals surface area contributed by atoms with Crippen LogP contribution in [0.3, 0.4) is 0 Å². The van der Waals surface area contributed by atoms with Crippen LogP contribution >= 0.6 is 0 Å². The maximum atomic E-state index is 6.04. The molecule has 5 nitrogen and oxygen atoms in total. The van der Waals surface area contributed by atoms with E-state index >= 15 is 0 Å². The quantitative estimate of drug-likeness (QED) is 0.612. The van der Waals surface area contributed by atoms with E-state index in [0.29, 0.717) is 30.0 Å². The molecule has 5 heteroatoms. The Morgan fingerprint density at radius 1 is 0.818 bits per heavy atom. The van der Waals surface area contributed by atoms with Crippen LogP contribution in [0.2, 0.25) is 0 Å². The van der Waals surface area contributed by atoms with Crippen LogP contribution in [0.15, 0.2) is 12.1 Å². The third-order valence-electron chi connectivity index (χ3n) is 8.26. The average Bonchev–Trinajstić information content (AvgIpc) is 2.77. The minimum Gasteiger partial charge on any atom is -0.486 e. The van der Waals surface area contributed by atoms with E-state index in [1.165, 1.54) is 49.9 Å². The molecule has 1 aromatic rings. The average molecular weight is 457 g/mol. The first kappa shape index (κ1) is 23.3. The summed E-state index contributed by atoms with van der Waals surface area (Å²) in [6.07, 6.45) is 6.22. The third-order valence-corrected chi connectivity index (χ3v) is 8.26. The standard InChI is InChI=1S/C28H44N2O3/c1-27(2)17-22(18-28(3,4)20-27)23-15-25-26(33-14-13-32-25)16-24(23)30-9-7-29(8-10-30)19-21-5-11-31-12-6-21/h15-16,21-22H,5-14,17-20H2,1-4H3. The van der Waals surface area contributed by atoms with Gasteiger partial charge in [0.15, 0.2) is 11.5 Å². The molecule has 0 unspecified atom stereocenters. The Morgan fingerprint density at radius 3 is 2.06 bits per heavy atom. The Hall–Kier alpha value is -1.46. The smallest absolute Gasteiger partial charge is 0.163 e. The summed E-state index contributed by atoms with van der Waals surface area (Å²) in [6, 6.07) is 4.63. The summed E-state index contributed by atoms with van der Waals surface area (Å²) in [5.74, 6) is 3.25. The van der Waals surface area contributed by atoms with E-state index in [2.05, 4.69) is 49.6 Å². The fourth-order valence-corrected chi connectivity index (χ4v) is 7.23. The largest absolute Gasteiger partial charge is 0.486 e. The van der Waals surface area contributed by atoms with E-state index < -0.39 is 0 Å². The van der Waals surface area contributed by atoms with Crippen LogP contribution in [0.1, 0.15) is 71.3 Å². The lowest BCUT2D eigenvalue weighted by molar-refractivity contribution is 0.0517. The SMILES string of the molecule is CC1(C)CC(c2cc3c(cc2N2CCN(CC4CCOCC4)CC2)OCCO3)CC(C)(C)C1. The summed E-state index contributed by atoms with van der Waals surface area (Å²) in [7, 11) is 0.